The van der Waals surface area contributed by atoms with E-state index in [0.29, 0.717) is 0 Å². The molecule has 1 nitrogen and oxygen atoms in total. The first-order valence-corrected chi connectivity index (χ1v) is 21.2. The SMILES string of the molecule is CC1(C)c2ccccc2-c2ccc(-c3cc(-c4ccc(N(c5ccc(-c6ccccc6)cc5)c5ccc(-c6ccccc6)cc5)cc4)cc4c3sc3ccccc34)cc21. The number of nitrogens with zero attached hydrogens (tertiary/aromatic N) is 1. The van der Waals surface area contributed by atoms with Gasteiger partial charge in [0.1, 0.15) is 0 Å². The molecule has 0 radical (unpaired) electrons. The predicted molar refractivity (Wildman–Crippen MR) is 253 cm³/mol. The quantitative estimate of drug-likeness (QED) is 0.156. The van der Waals surface area contributed by atoms with Crippen LogP contribution in [0.4, 0.5) is 17.1 Å². The molecule has 2 heteroatoms. The van der Waals surface area contributed by atoms with Crippen molar-refractivity contribution in [3.63, 3.8) is 0 Å². The van der Waals surface area contributed by atoms with Crippen LogP contribution in [0.2, 0.25) is 0 Å². The van der Waals surface area contributed by atoms with Gasteiger partial charge >= 0.3 is 0 Å². The van der Waals surface area contributed by atoms with Crippen LogP contribution in [0.25, 0.3) is 75.8 Å². The maximum atomic E-state index is 2.46. The fourth-order valence-corrected chi connectivity index (χ4v) is 10.4. The van der Waals surface area contributed by atoms with E-state index in [-0.39, 0.29) is 5.41 Å². The number of hydrogen-bond acceptors (Lipinski definition) is 2. The Balaban J connectivity index is 1.01. The van der Waals surface area contributed by atoms with Gasteiger partial charge in [-0.15, -0.1) is 11.3 Å². The molecule has 1 aliphatic rings. The van der Waals surface area contributed by atoms with Crippen LogP contribution in [0.15, 0.2) is 212 Å². The fraction of sp³-hybridized carbons (Fsp3) is 0.0526. The third-order valence-corrected chi connectivity index (χ3v) is 13.5. The summed E-state index contributed by atoms with van der Waals surface area (Å²) in [4.78, 5) is 2.36. The Morgan fingerprint density at radius 3 is 1.42 bits per heavy atom. The lowest BCUT2D eigenvalue weighted by molar-refractivity contribution is 0.660. The van der Waals surface area contributed by atoms with Gasteiger partial charge < -0.3 is 4.90 Å². The van der Waals surface area contributed by atoms with E-state index in [0.717, 1.165) is 17.1 Å². The first-order valence-electron chi connectivity index (χ1n) is 20.4. The molecule has 11 rings (SSSR count). The Morgan fingerprint density at radius 1 is 0.339 bits per heavy atom. The van der Waals surface area contributed by atoms with Crippen LogP contribution >= 0.6 is 11.3 Å². The van der Waals surface area contributed by atoms with Gasteiger partial charge in [-0.1, -0.05) is 166 Å². The number of fused-ring (bicyclic) bond motifs is 6. The van der Waals surface area contributed by atoms with Gasteiger partial charge in [0.2, 0.25) is 0 Å². The minimum atomic E-state index is -0.0652. The number of benzene rings is 9. The molecular formula is C57H41NS. The minimum absolute atomic E-state index is 0.0652. The summed E-state index contributed by atoms with van der Waals surface area (Å²) in [6.07, 6.45) is 0. The van der Waals surface area contributed by atoms with Crippen LogP contribution in [0, 0.1) is 0 Å². The number of anilines is 3. The smallest absolute Gasteiger partial charge is 0.0462 e. The van der Waals surface area contributed by atoms with Gasteiger partial charge in [-0.05, 0) is 122 Å². The molecule has 0 aliphatic heterocycles. The first kappa shape index (κ1) is 35.2. The molecule has 1 heterocycles. The number of thiophene rings is 1. The highest BCUT2D eigenvalue weighted by atomic mass is 32.1. The summed E-state index contributed by atoms with van der Waals surface area (Å²) in [5, 5.41) is 2.62. The standard InChI is InChI=1S/C57H41NS/c1-57(2)53-19-11-9-17-48(53)49-34-27-43(37-54(49)57)51-35-44(36-52-50-18-10-12-20-55(50)59-56(51)52)42-25-32-47(33-26-42)58(45-28-21-40(22-29-45)38-13-5-3-6-14-38)46-30-23-41(24-31-46)39-15-7-4-8-16-39/h3-37H,1-2H3. The van der Waals surface area contributed by atoms with Crippen molar-refractivity contribution in [3.05, 3.63) is 223 Å². The molecule has 0 saturated heterocycles. The Morgan fingerprint density at radius 2 is 0.814 bits per heavy atom. The van der Waals surface area contributed by atoms with Crippen molar-refractivity contribution in [2.24, 2.45) is 0 Å². The Kier molecular flexibility index (Phi) is 8.43. The van der Waals surface area contributed by atoms with Gasteiger partial charge in [0.25, 0.3) is 0 Å². The molecule has 0 N–H and O–H groups in total. The second-order valence-corrected chi connectivity index (χ2v) is 17.2. The fourth-order valence-electron chi connectivity index (χ4n) is 9.20. The van der Waals surface area contributed by atoms with Crippen molar-refractivity contribution in [1.82, 2.24) is 0 Å². The predicted octanol–water partition coefficient (Wildman–Crippen LogP) is 16.5. The lowest BCUT2D eigenvalue weighted by Crippen LogP contribution is -2.14. The van der Waals surface area contributed by atoms with Crippen molar-refractivity contribution >= 4 is 48.6 Å². The van der Waals surface area contributed by atoms with Crippen LogP contribution in [0.3, 0.4) is 0 Å². The van der Waals surface area contributed by atoms with Gasteiger partial charge in [0.15, 0.2) is 0 Å². The molecule has 0 fully saturated rings. The van der Waals surface area contributed by atoms with Gasteiger partial charge in [0, 0.05) is 48.2 Å². The molecule has 9 aromatic carbocycles. The summed E-state index contributed by atoms with van der Waals surface area (Å²) in [6.45, 7) is 4.74. The number of hydrogen-bond donors (Lipinski definition) is 0. The van der Waals surface area contributed by atoms with Gasteiger partial charge in [-0.2, -0.15) is 0 Å². The average molecular weight is 772 g/mol. The second-order valence-electron chi connectivity index (χ2n) is 16.1. The molecule has 280 valence electrons. The van der Waals surface area contributed by atoms with Crippen LogP contribution in [0.1, 0.15) is 25.0 Å². The zero-order valence-electron chi connectivity index (χ0n) is 33.1. The van der Waals surface area contributed by atoms with E-state index in [2.05, 4.69) is 231 Å². The lowest BCUT2D eigenvalue weighted by Gasteiger charge is -2.26. The van der Waals surface area contributed by atoms with E-state index in [9.17, 15) is 0 Å². The third kappa shape index (κ3) is 6.07. The molecule has 0 unspecified atom stereocenters. The van der Waals surface area contributed by atoms with E-state index in [1.54, 1.807) is 0 Å². The Bertz CT molecular complexity index is 3060. The topological polar surface area (TPSA) is 3.24 Å². The van der Waals surface area contributed by atoms with Crippen molar-refractivity contribution < 1.29 is 0 Å². The third-order valence-electron chi connectivity index (χ3n) is 12.3. The van der Waals surface area contributed by atoms with E-state index in [1.807, 2.05) is 11.3 Å². The van der Waals surface area contributed by atoms with E-state index in [1.165, 1.54) is 86.9 Å². The molecule has 0 atom stereocenters. The highest BCUT2D eigenvalue weighted by molar-refractivity contribution is 7.26. The summed E-state index contributed by atoms with van der Waals surface area (Å²) in [5.74, 6) is 0. The van der Waals surface area contributed by atoms with Crippen LogP contribution in [0.5, 0.6) is 0 Å². The summed E-state index contributed by atoms with van der Waals surface area (Å²) in [6, 6.07) is 77.9. The molecule has 59 heavy (non-hydrogen) atoms. The zero-order valence-corrected chi connectivity index (χ0v) is 33.9. The monoisotopic (exact) mass is 771 g/mol. The molecular weight excluding hydrogens is 731 g/mol. The molecule has 0 spiro atoms. The molecule has 1 aromatic heterocycles. The van der Waals surface area contributed by atoms with Crippen molar-refractivity contribution in [2.75, 3.05) is 4.90 Å². The van der Waals surface area contributed by atoms with E-state index in [4.69, 9.17) is 0 Å². The maximum absolute atomic E-state index is 2.46. The summed E-state index contributed by atoms with van der Waals surface area (Å²) in [7, 11) is 0. The highest BCUT2D eigenvalue weighted by Crippen LogP contribution is 2.51. The minimum Gasteiger partial charge on any atom is -0.311 e. The summed E-state index contributed by atoms with van der Waals surface area (Å²) >= 11 is 1.90. The lowest BCUT2D eigenvalue weighted by atomic mass is 9.81. The number of rotatable bonds is 7. The van der Waals surface area contributed by atoms with Crippen molar-refractivity contribution in [1.29, 1.82) is 0 Å². The average Bonchev–Trinajstić information content (AvgIpc) is 3.79. The van der Waals surface area contributed by atoms with Crippen LogP contribution in [-0.2, 0) is 5.41 Å². The molecule has 10 aromatic rings. The van der Waals surface area contributed by atoms with Crippen LogP contribution in [-0.4, -0.2) is 0 Å². The normalized spacial score (nSPS) is 12.7. The highest BCUT2D eigenvalue weighted by Gasteiger charge is 2.35. The zero-order chi connectivity index (χ0) is 39.5. The largest absolute Gasteiger partial charge is 0.311 e. The van der Waals surface area contributed by atoms with Gasteiger partial charge in [-0.3, -0.25) is 0 Å². The molecule has 1 aliphatic carbocycles. The molecule has 0 amide bonds. The Hall–Kier alpha value is -7.00. The maximum Gasteiger partial charge on any atom is 0.0462 e. The second kappa shape index (κ2) is 14.1. The summed E-state index contributed by atoms with van der Waals surface area (Å²) in [5.41, 5.74) is 18.6. The Labute approximate surface area is 350 Å². The van der Waals surface area contributed by atoms with Gasteiger partial charge in [-0.25, -0.2) is 0 Å². The summed E-state index contributed by atoms with van der Waals surface area (Å²) < 4.78 is 2.65. The van der Waals surface area contributed by atoms with Crippen molar-refractivity contribution in [2.45, 2.75) is 19.3 Å². The van der Waals surface area contributed by atoms with Crippen LogP contribution < -0.4 is 4.90 Å². The molecule has 0 bridgehead atoms. The first-order chi connectivity index (χ1) is 29.0. The van der Waals surface area contributed by atoms with E-state index >= 15 is 0 Å². The van der Waals surface area contributed by atoms with Crippen molar-refractivity contribution in [3.8, 4) is 55.6 Å². The van der Waals surface area contributed by atoms with Gasteiger partial charge in [0.05, 0.1) is 0 Å². The van der Waals surface area contributed by atoms with E-state index < -0.39 is 0 Å². The molecule has 0 saturated carbocycles.